The van der Waals surface area contributed by atoms with Crippen molar-refractivity contribution < 1.29 is 18.0 Å². The molecule has 0 spiro atoms. The number of rotatable bonds is 4. The average molecular weight is 450 g/mol. The molecule has 30 heavy (non-hydrogen) atoms. The highest BCUT2D eigenvalue weighted by Gasteiger charge is 2.23. The van der Waals surface area contributed by atoms with Gasteiger partial charge in [0.25, 0.3) is 5.91 Å². The molecule has 160 valence electrons. The molecule has 2 aromatic rings. The molecule has 0 bridgehead atoms. The number of nitrogens with zero attached hydrogens (tertiary/aromatic N) is 2. The number of halogens is 1. The summed E-state index contributed by atoms with van der Waals surface area (Å²) in [6.45, 7) is 1.94. The minimum absolute atomic E-state index is 0.0537. The number of hydrogen-bond donors (Lipinski definition) is 1. The number of amides is 3. The Morgan fingerprint density at radius 2 is 1.67 bits per heavy atom. The average Bonchev–Trinajstić information content (AvgIpc) is 2.93. The number of urea groups is 1. The van der Waals surface area contributed by atoms with E-state index in [1.54, 1.807) is 58.3 Å². The maximum absolute atomic E-state index is 12.8. The van der Waals surface area contributed by atoms with E-state index in [2.05, 4.69) is 5.32 Å². The van der Waals surface area contributed by atoms with E-state index in [1.807, 2.05) is 0 Å². The van der Waals surface area contributed by atoms with Gasteiger partial charge in [-0.05, 0) is 42.3 Å². The van der Waals surface area contributed by atoms with Gasteiger partial charge >= 0.3 is 6.03 Å². The first-order chi connectivity index (χ1) is 14.2. The summed E-state index contributed by atoms with van der Waals surface area (Å²) >= 11 is 5.95. The van der Waals surface area contributed by atoms with Gasteiger partial charge in [-0.15, -0.1) is 0 Å². The highest BCUT2D eigenvalue weighted by molar-refractivity contribution is 7.89. The summed E-state index contributed by atoms with van der Waals surface area (Å²) in [7, 11) is -3.12. The lowest BCUT2D eigenvalue weighted by Crippen LogP contribution is -2.39. The fraction of sp³-hybridized carbons (Fsp3) is 0.333. The maximum Gasteiger partial charge on any atom is 0.321 e. The predicted molar refractivity (Wildman–Crippen MR) is 118 cm³/mol. The molecule has 3 rings (SSSR count). The van der Waals surface area contributed by atoms with Crippen molar-refractivity contribution in [3.8, 4) is 0 Å². The molecule has 0 aliphatic carbocycles. The van der Waals surface area contributed by atoms with Crippen LogP contribution in [0, 0.1) is 0 Å². The quantitative estimate of drug-likeness (QED) is 0.776. The second-order valence-electron chi connectivity index (χ2n) is 7.34. The van der Waals surface area contributed by atoms with Gasteiger partial charge in [0.15, 0.2) is 9.84 Å². The normalized spacial score (nSPS) is 14.9. The lowest BCUT2D eigenvalue weighted by atomic mass is 10.1. The van der Waals surface area contributed by atoms with Gasteiger partial charge in [0.2, 0.25) is 0 Å². The number of anilines is 1. The van der Waals surface area contributed by atoms with Crippen LogP contribution in [0.2, 0.25) is 5.02 Å². The molecule has 9 heteroatoms. The Labute approximate surface area is 181 Å². The van der Waals surface area contributed by atoms with Crippen molar-refractivity contribution in [1.29, 1.82) is 0 Å². The SMILES string of the molecule is CS(=O)(=O)Cc1ccc(C(=O)N2CCCN(C(=O)Nc3cccc(Cl)c3)CC2)cc1. The summed E-state index contributed by atoms with van der Waals surface area (Å²) in [6, 6.07) is 13.4. The fourth-order valence-corrected chi connectivity index (χ4v) is 4.31. The zero-order valence-corrected chi connectivity index (χ0v) is 18.2. The number of nitrogens with one attached hydrogen (secondary N) is 1. The highest BCUT2D eigenvalue weighted by Crippen LogP contribution is 2.17. The monoisotopic (exact) mass is 449 g/mol. The molecular weight excluding hydrogens is 426 g/mol. The van der Waals surface area contributed by atoms with E-state index in [0.29, 0.717) is 54.4 Å². The van der Waals surface area contributed by atoms with Gasteiger partial charge < -0.3 is 15.1 Å². The topological polar surface area (TPSA) is 86.8 Å². The number of hydrogen-bond acceptors (Lipinski definition) is 4. The molecule has 1 N–H and O–H groups in total. The van der Waals surface area contributed by atoms with Crippen molar-refractivity contribution in [2.75, 3.05) is 37.8 Å². The van der Waals surface area contributed by atoms with Crippen LogP contribution in [0.1, 0.15) is 22.3 Å². The van der Waals surface area contributed by atoms with Gasteiger partial charge in [0, 0.05) is 48.7 Å². The van der Waals surface area contributed by atoms with Crippen LogP contribution in [0.3, 0.4) is 0 Å². The fourth-order valence-electron chi connectivity index (χ4n) is 3.32. The predicted octanol–water partition coefficient (Wildman–Crippen LogP) is 3.26. The van der Waals surface area contributed by atoms with E-state index in [1.165, 1.54) is 6.26 Å². The minimum Gasteiger partial charge on any atom is -0.337 e. The van der Waals surface area contributed by atoms with E-state index in [4.69, 9.17) is 11.6 Å². The first-order valence-corrected chi connectivity index (χ1v) is 12.0. The van der Waals surface area contributed by atoms with E-state index >= 15 is 0 Å². The molecule has 1 fully saturated rings. The van der Waals surface area contributed by atoms with E-state index in [0.717, 1.165) is 0 Å². The molecule has 0 saturated carbocycles. The van der Waals surface area contributed by atoms with Crippen molar-refractivity contribution >= 4 is 39.1 Å². The van der Waals surface area contributed by atoms with Crippen LogP contribution in [0.15, 0.2) is 48.5 Å². The molecule has 1 aliphatic heterocycles. The van der Waals surface area contributed by atoms with Gasteiger partial charge in [-0.2, -0.15) is 0 Å². The van der Waals surface area contributed by atoms with Crippen molar-refractivity contribution in [1.82, 2.24) is 9.80 Å². The third-order valence-electron chi connectivity index (χ3n) is 4.78. The molecule has 0 unspecified atom stereocenters. The van der Waals surface area contributed by atoms with Crippen LogP contribution in [0.4, 0.5) is 10.5 Å². The molecule has 1 heterocycles. The minimum atomic E-state index is -3.12. The molecule has 0 radical (unpaired) electrons. The number of carbonyl (C=O) groups is 2. The highest BCUT2D eigenvalue weighted by atomic mass is 35.5. The van der Waals surface area contributed by atoms with Crippen molar-refractivity contribution in [2.45, 2.75) is 12.2 Å². The summed E-state index contributed by atoms with van der Waals surface area (Å²) in [5.74, 6) is -0.181. The summed E-state index contributed by atoms with van der Waals surface area (Å²) < 4.78 is 22.8. The number of carbonyl (C=O) groups excluding carboxylic acids is 2. The smallest absolute Gasteiger partial charge is 0.321 e. The van der Waals surface area contributed by atoms with E-state index < -0.39 is 9.84 Å². The second kappa shape index (κ2) is 9.49. The van der Waals surface area contributed by atoms with Crippen LogP contribution in [0.5, 0.6) is 0 Å². The summed E-state index contributed by atoms with van der Waals surface area (Å²) in [5, 5.41) is 3.38. The zero-order chi connectivity index (χ0) is 21.7. The number of sulfone groups is 1. The summed E-state index contributed by atoms with van der Waals surface area (Å²) in [4.78, 5) is 28.8. The summed E-state index contributed by atoms with van der Waals surface area (Å²) in [6.07, 6.45) is 1.85. The van der Waals surface area contributed by atoms with Gasteiger partial charge in [0.1, 0.15) is 0 Å². The molecule has 1 aliphatic rings. The lowest BCUT2D eigenvalue weighted by molar-refractivity contribution is 0.0762. The second-order valence-corrected chi connectivity index (χ2v) is 9.92. The summed E-state index contributed by atoms with van der Waals surface area (Å²) in [5.41, 5.74) is 1.77. The molecule has 1 saturated heterocycles. The van der Waals surface area contributed by atoms with E-state index in [9.17, 15) is 18.0 Å². The Hall–Kier alpha value is -2.58. The Kier molecular flexibility index (Phi) is 6.99. The third-order valence-corrected chi connectivity index (χ3v) is 5.87. The largest absolute Gasteiger partial charge is 0.337 e. The molecule has 0 aromatic heterocycles. The Morgan fingerprint density at radius 3 is 2.33 bits per heavy atom. The first-order valence-electron chi connectivity index (χ1n) is 9.59. The van der Waals surface area contributed by atoms with Crippen molar-refractivity contribution in [2.24, 2.45) is 0 Å². The van der Waals surface area contributed by atoms with Crippen molar-refractivity contribution in [3.63, 3.8) is 0 Å². The molecule has 7 nitrogen and oxygen atoms in total. The Morgan fingerprint density at radius 1 is 1.00 bits per heavy atom. The van der Waals surface area contributed by atoms with Gasteiger partial charge in [0.05, 0.1) is 5.75 Å². The van der Waals surface area contributed by atoms with Crippen LogP contribution in [0.25, 0.3) is 0 Å². The Bertz CT molecular complexity index is 1020. The molecule has 0 atom stereocenters. The van der Waals surface area contributed by atoms with Crippen LogP contribution in [-0.4, -0.2) is 62.6 Å². The maximum atomic E-state index is 12.8. The number of benzene rings is 2. The van der Waals surface area contributed by atoms with Gasteiger partial charge in [-0.25, -0.2) is 13.2 Å². The molecule has 2 aromatic carbocycles. The van der Waals surface area contributed by atoms with Gasteiger partial charge in [-0.3, -0.25) is 4.79 Å². The Balaban J connectivity index is 1.59. The molecular formula is C21H24ClN3O4S. The van der Waals surface area contributed by atoms with Crippen LogP contribution >= 0.6 is 11.6 Å². The van der Waals surface area contributed by atoms with Crippen LogP contribution in [-0.2, 0) is 15.6 Å². The lowest BCUT2D eigenvalue weighted by Gasteiger charge is -2.22. The zero-order valence-electron chi connectivity index (χ0n) is 16.7. The van der Waals surface area contributed by atoms with Gasteiger partial charge in [-0.1, -0.05) is 29.8 Å². The first kappa shape index (κ1) is 22.1. The standard InChI is InChI=1S/C21H24ClN3O4S/c1-30(28,29)15-16-6-8-17(9-7-16)20(26)24-10-3-11-25(13-12-24)21(27)23-19-5-2-4-18(22)14-19/h2,4-9,14H,3,10-13,15H2,1H3,(H,23,27). The molecule has 3 amide bonds. The van der Waals surface area contributed by atoms with Crippen LogP contribution < -0.4 is 5.32 Å². The third kappa shape index (κ3) is 6.21. The van der Waals surface area contributed by atoms with Crippen molar-refractivity contribution in [3.05, 3.63) is 64.7 Å². The van der Waals surface area contributed by atoms with E-state index in [-0.39, 0.29) is 17.7 Å².